The number of carbonyl (C=O) groups is 4. The second kappa shape index (κ2) is 13.1. The van der Waals surface area contributed by atoms with Gasteiger partial charge in [0, 0.05) is 11.1 Å². The summed E-state index contributed by atoms with van der Waals surface area (Å²) in [4.78, 5) is 50.8. The van der Waals surface area contributed by atoms with Crippen LogP contribution in [-0.2, 0) is 9.47 Å². The van der Waals surface area contributed by atoms with Crippen molar-refractivity contribution in [2.24, 2.45) is 0 Å². The van der Waals surface area contributed by atoms with Crippen molar-refractivity contribution in [1.82, 2.24) is 0 Å². The molecule has 0 fully saturated rings. The van der Waals surface area contributed by atoms with Crippen molar-refractivity contribution >= 4 is 69.9 Å². The van der Waals surface area contributed by atoms with Crippen molar-refractivity contribution in [3.05, 3.63) is 127 Å². The molecule has 0 bridgehead atoms. The van der Waals surface area contributed by atoms with E-state index in [-0.39, 0.29) is 32.3 Å². The Morgan fingerprint density at radius 1 is 0.525 bits per heavy atom. The quantitative estimate of drug-likeness (QED) is 0.140. The lowest BCUT2D eigenvalue weighted by Crippen LogP contribution is -2.16. The molecule has 4 aromatic carbocycles. The molecule has 0 N–H and O–H groups in total. The summed E-state index contributed by atoms with van der Waals surface area (Å²) in [6.45, 7) is -1.07. The van der Waals surface area contributed by atoms with Crippen LogP contribution in [0.15, 0.2) is 84.9 Å². The number of hydrogen-bond donors (Lipinski definition) is 0. The lowest BCUT2D eigenvalue weighted by Gasteiger charge is -2.12. The highest BCUT2D eigenvalue weighted by Gasteiger charge is 2.20. The van der Waals surface area contributed by atoms with E-state index in [0.717, 1.165) is 0 Å². The molecule has 0 amide bonds. The molecule has 40 heavy (non-hydrogen) atoms. The van der Waals surface area contributed by atoms with Crippen molar-refractivity contribution in [1.29, 1.82) is 0 Å². The van der Waals surface area contributed by atoms with Gasteiger partial charge in [-0.25, -0.2) is 9.59 Å². The Bertz CT molecular complexity index is 1620. The number of rotatable bonds is 9. The van der Waals surface area contributed by atoms with Gasteiger partial charge in [0.2, 0.25) is 0 Å². The van der Waals surface area contributed by atoms with Gasteiger partial charge in [-0.05, 0) is 65.7 Å². The van der Waals surface area contributed by atoms with E-state index in [9.17, 15) is 19.2 Å². The van der Waals surface area contributed by atoms with Gasteiger partial charge in [-0.1, -0.05) is 76.7 Å². The average Bonchev–Trinajstić information content (AvgIpc) is 2.97. The lowest BCUT2D eigenvalue weighted by molar-refractivity contribution is 0.0468. The van der Waals surface area contributed by atoms with Crippen molar-refractivity contribution in [3.8, 4) is 11.1 Å². The van der Waals surface area contributed by atoms with Crippen molar-refractivity contribution in [3.63, 3.8) is 0 Å². The minimum atomic E-state index is -0.777. The molecular weight excluding hydrogens is 598 g/mol. The topological polar surface area (TPSA) is 86.7 Å². The Labute approximate surface area is 249 Å². The molecule has 0 radical (unpaired) electrons. The predicted octanol–water partition coefficient (Wildman–Crippen LogP) is 8.05. The fraction of sp³-hybridized carbons (Fsp3) is 0.0667. The van der Waals surface area contributed by atoms with Crippen LogP contribution in [-0.4, -0.2) is 36.7 Å². The summed E-state index contributed by atoms with van der Waals surface area (Å²) in [7, 11) is 0. The molecule has 0 aliphatic rings. The van der Waals surface area contributed by atoms with Crippen LogP contribution in [0.2, 0.25) is 20.1 Å². The molecule has 0 aliphatic carbocycles. The first kappa shape index (κ1) is 29.3. The number of benzene rings is 4. The number of ether oxygens (including phenoxy) is 2. The van der Waals surface area contributed by atoms with Crippen LogP contribution in [0.25, 0.3) is 11.1 Å². The summed E-state index contributed by atoms with van der Waals surface area (Å²) >= 11 is 23.7. The molecule has 0 unspecified atom stereocenters. The number of esters is 2. The molecule has 0 saturated carbocycles. The predicted molar refractivity (Wildman–Crippen MR) is 154 cm³/mol. The summed E-state index contributed by atoms with van der Waals surface area (Å²) in [5.41, 5.74) is 1.69. The fourth-order valence-corrected chi connectivity index (χ4v) is 4.23. The SMILES string of the molecule is O=C(COC(=O)c1ccc(C(=O)OCC(=O)c2ccc(Cl)c(Cl)c2)c(-c2ccccc2)c1)c1ccc(Cl)c(Cl)c1. The third kappa shape index (κ3) is 7.09. The second-order valence-electron chi connectivity index (χ2n) is 8.38. The van der Waals surface area contributed by atoms with E-state index in [0.29, 0.717) is 21.2 Å². The molecule has 10 heteroatoms. The molecule has 0 atom stereocenters. The highest BCUT2D eigenvalue weighted by Crippen LogP contribution is 2.27. The monoisotopic (exact) mass is 614 g/mol. The third-order valence-electron chi connectivity index (χ3n) is 5.71. The minimum absolute atomic E-state index is 0.101. The molecule has 4 rings (SSSR count). The standard InChI is InChI=1S/C30H18Cl4O6/c31-23-10-7-18(13-25(23)33)27(35)15-39-29(37)20-6-9-21(22(12-20)17-4-2-1-3-5-17)30(38)40-16-28(36)19-8-11-24(32)26(34)14-19/h1-14H,15-16H2. The van der Waals surface area contributed by atoms with Crippen molar-refractivity contribution in [2.75, 3.05) is 13.2 Å². The second-order valence-corrected chi connectivity index (χ2v) is 10.0. The molecular formula is C30H18Cl4O6. The molecule has 0 aromatic heterocycles. The summed E-state index contributed by atoms with van der Waals surface area (Å²) in [6, 6.07) is 21.7. The van der Waals surface area contributed by atoms with Gasteiger partial charge in [0.15, 0.2) is 24.8 Å². The maximum Gasteiger partial charge on any atom is 0.339 e. The first-order valence-corrected chi connectivity index (χ1v) is 13.2. The lowest BCUT2D eigenvalue weighted by atomic mass is 9.97. The Kier molecular flexibility index (Phi) is 9.61. The van der Waals surface area contributed by atoms with Gasteiger partial charge in [-0.3, -0.25) is 9.59 Å². The van der Waals surface area contributed by atoms with E-state index >= 15 is 0 Å². The van der Waals surface area contributed by atoms with Gasteiger partial charge in [-0.15, -0.1) is 0 Å². The van der Waals surface area contributed by atoms with Gasteiger partial charge in [0.1, 0.15) is 0 Å². The molecule has 0 aliphatic heterocycles. The number of halogens is 4. The van der Waals surface area contributed by atoms with E-state index in [1.807, 2.05) is 0 Å². The maximum absolute atomic E-state index is 13.0. The highest BCUT2D eigenvalue weighted by molar-refractivity contribution is 6.42. The summed E-state index contributed by atoms with van der Waals surface area (Å²) in [6.07, 6.45) is 0. The first-order valence-electron chi connectivity index (χ1n) is 11.6. The first-order chi connectivity index (χ1) is 19.1. The smallest absolute Gasteiger partial charge is 0.339 e. The molecule has 0 saturated heterocycles. The van der Waals surface area contributed by atoms with Crippen LogP contribution in [0.5, 0.6) is 0 Å². The third-order valence-corrected chi connectivity index (χ3v) is 7.19. The molecule has 4 aromatic rings. The van der Waals surface area contributed by atoms with Crippen LogP contribution in [0.4, 0.5) is 0 Å². The van der Waals surface area contributed by atoms with E-state index < -0.39 is 36.7 Å². The zero-order valence-electron chi connectivity index (χ0n) is 20.5. The fourth-order valence-electron chi connectivity index (χ4n) is 3.63. The molecule has 0 spiro atoms. The van der Waals surface area contributed by atoms with Crippen molar-refractivity contribution in [2.45, 2.75) is 0 Å². The van der Waals surface area contributed by atoms with Crippen LogP contribution in [0.3, 0.4) is 0 Å². The Morgan fingerprint density at radius 3 is 1.55 bits per heavy atom. The van der Waals surface area contributed by atoms with E-state index in [1.54, 1.807) is 30.3 Å². The van der Waals surface area contributed by atoms with Crippen LogP contribution in [0, 0.1) is 0 Å². The van der Waals surface area contributed by atoms with E-state index in [2.05, 4.69) is 0 Å². The molecule has 202 valence electrons. The Morgan fingerprint density at radius 2 is 1.02 bits per heavy atom. The normalized spacial score (nSPS) is 10.6. The summed E-state index contributed by atoms with van der Waals surface area (Å²) < 4.78 is 10.5. The van der Waals surface area contributed by atoms with Crippen LogP contribution in [0.1, 0.15) is 41.4 Å². The molecule has 0 heterocycles. The van der Waals surface area contributed by atoms with E-state index in [1.165, 1.54) is 54.6 Å². The Balaban J connectivity index is 1.51. The summed E-state index contributed by atoms with van der Waals surface area (Å²) in [5.74, 6) is -2.50. The number of ketones is 2. The van der Waals surface area contributed by atoms with Gasteiger partial charge < -0.3 is 9.47 Å². The van der Waals surface area contributed by atoms with Gasteiger partial charge in [0.25, 0.3) is 0 Å². The Hall–Kier alpha value is -3.68. The van der Waals surface area contributed by atoms with E-state index in [4.69, 9.17) is 55.9 Å². The largest absolute Gasteiger partial charge is 0.454 e. The van der Waals surface area contributed by atoms with Crippen LogP contribution < -0.4 is 0 Å². The number of hydrogen-bond acceptors (Lipinski definition) is 6. The van der Waals surface area contributed by atoms with Gasteiger partial charge in [-0.2, -0.15) is 0 Å². The van der Waals surface area contributed by atoms with Crippen molar-refractivity contribution < 1.29 is 28.7 Å². The minimum Gasteiger partial charge on any atom is -0.454 e. The zero-order valence-corrected chi connectivity index (χ0v) is 23.5. The van der Waals surface area contributed by atoms with Gasteiger partial charge >= 0.3 is 11.9 Å². The average molecular weight is 616 g/mol. The summed E-state index contributed by atoms with van der Waals surface area (Å²) in [5, 5.41) is 0.986. The maximum atomic E-state index is 13.0. The molecule has 6 nitrogen and oxygen atoms in total. The van der Waals surface area contributed by atoms with Gasteiger partial charge in [0.05, 0.1) is 31.2 Å². The highest BCUT2D eigenvalue weighted by atomic mass is 35.5. The van der Waals surface area contributed by atoms with Crippen LogP contribution >= 0.6 is 46.4 Å². The zero-order chi connectivity index (χ0) is 28.8. The number of carbonyl (C=O) groups excluding carboxylic acids is 4. The number of Topliss-reactive ketones (excluding diaryl/α,β-unsaturated/α-hetero) is 2.